The maximum Gasteiger partial charge on any atom is 0.311 e. The van der Waals surface area contributed by atoms with Crippen LogP contribution in [0, 0.1) is 5.41 Å². The summed E-state index contributed by atoms with van der Waals surface area (Å²) < 4.78 is 10.7. The van der Waals surface area contributed by atoms with E-state index in [-0.39, 0.29) is 17.0 Å². The number of nitrogens with one attached hydrogen (secondary N) is 1. The summed E-state index contributed by atoms with van der Waals surface area (Å²) in [4.78, 5) is 12.0. The second-order valence-corrected chi connectivity index (χ2v) is 5.66. The summed E-state index contributed by atoms with van der Waals surface area (Å²) in [5.41, 5.74) is -0.530. The van der Waals surface area contributed by atoms with Gasteiger partial charge in [0.1, 0.15) is 0 Å². The van der Waals surface area contributed by atoms with Gasteiger partial charge in [0.05, 0.1) is 17.6 Å². The molecule has 4 heteroatoms. The van der Waals surface area contributed by atoms with Crippen LogP contribution in [-0.2, 0) is 14.3 Å². The van der Waals surface area contributed by atoms with Crippen molar-refractivity contribution in [1.29, 1.82) is 0 Å². The molecule has 0 atom stereocenters. The Morgan fingerprint density at radius 1 is 1.35 bits per heavy atom. The first-order valence-electron chi connectivity index (χ1n) is 6.33. The van der Waals surface area contributed by atoms with Crippen molar-refractivity contribution in [2.75, 3.05) is 26.8 Å². The van der Waals surface area contributed by atoms with Crippen molar-refractivity contribution < 1.29 is 14.3 Å². The molecule has 100 valence electrons. The van der Waals surface area contributed by atoms with Crippen LogP contribution < -0.4 is 5.32 Å². The van der Waals surface area contributed by atoms with Crippen LogP contribution in [0.5, 0.6) is 0 Å². The van der Waals surface area contributed by atoms with Crippen molar-refractivity contribution in [2.24, 2.45) is 5.41 Å². The number of piperidine rings is 1. The van der Waals surface area contributed by atoms with Gasteiger partial charge in [-0.05, 0) is 46.7 Å². The van der Waals surface area contributed by atoms with Crippen LogP contribution >= 0.6 is 0 Å². The number of hydrogen-bond acceptors (Lipinski definition) is 4. The third-order valence-corrected chi connectivity index (χ3v) is 3.69. The summed E-state index contributed by atoms with van der Waals surface area (Å²) in [6.07, 6.45) is 2.45. The van der Waals surface area contributed by atoms with Crippen LogP contribution in [0.3, 0.4) is 0 Å². The van der Waals surface area contributed by atoms with Crippen LogP contribution in [0.4, 0.5) is 0 Å². The van der Waals surface area contributed by atoms with Gasteiger partial charge in [-0.15, -0.1) is 0 Å². The Morgan fingerprint density at radius 2 is 1.94 bits per heavy atom. The highest BCUT2D eigenvalue weighted by Gasteiger charge is 2.36. The predicted molar refractivity (Wildman–Crippen MR) is 66.9 cm³/mol. The summed E-state index contributed by atoms with van der Waals surface area (Å²) in [7, 11) is 1.68. The lowest BCUT2D eigenvalue weighted by Crippen LogP contribution is -2.41. The van der Waals surface area contributed by atoms with Gasteiger partial charge in [-0.25, -0.2) is 0 Å². The van der Waals surface area contributed by atoms with Crippen LogP contribution in [0.2, 0.25) is 0 Å². The minimum atomic E-state index is -0.303. The molecule has 17 heavy (non-hydrogen) atoms. The third kappa shape index (κ3) is 4.28. The number of esters is 1. The third-order valence-electron chi connectivity index (χ3n) is 3.69. The molecule has 0 aromatic carbocycles. The van der Waals surface area contributed by atoms with E-state index in [1.807, 2.05) is 20.8 Å². The largest absolute Gasteiger partial charge is 0.465 e. The maximum absolute atomic E-state index is 12.0. The number of carbonyl (C=O) groups excluding carboxylic acids is 1. The molecule has 0 saturated carbocycles. The molecule has 0 unspecified atom stereocenters. The molecular weight excluding hydrogens is 218 g/mol. The lowest BCUT2D eigenvalue weighted by Gasteiger charge is -2.32. The van der Waals surface area contributed by atoms with Gasteiger partial charge in [-0.2, -0.15) is 0 Å². The van der Waals surface area contributed by atoms with E-state index in [0.717, 1.165) is 32.4 Å². The first-order chi connectivity index (χ1) is 7.90. The van der Waals surface area contributed by atoms with Gasteiger partial charge in [0.25, 0.3) is 0 Å². The van der Waals surface area contributed by atoms with Gasteiger partial charge < -0.3 is 14.8 Å². The quantitative estimate of drug-likeness (QED) is 0.747. The Hall–Kier alpha value is -0.610. The van der Waals surface area contributed by atoms with Gasteiger partial charge >= 0.3 is 5.97 Å². The summed E-state index contributed by atoms with van der Waals surface area (Å²) in [5.74, 6) is -0.0640. The fraction of sp³-hybridized carbons (Fsp3) is 0.923. The highest BCUT2D eigenvalue weighted by molar-refractivity contribution is 5.76. The van der Waals surface area contributed by atoms with E-state index in [4.69, 9.17) is 9.47 Å². The van der Waals surface area contributed by atoms with Crippen LogP contribution in [-0.4, -0.2) is 38.4 Å². The molecule has 1 rings (SSSR count). The maximum atomic E-state index is 12.0. The number of carbonyl (C=O) groups is 1. The molecule has 1 fully saturated rings. The number of methoxy groups -OCH3 is 1. The van der Waals surface area contributed by atoms with Gasteiger partial charge in [0.15, 0.2) is 0 Å². The van der Waals surface area contributed by atoms with E-state index in [9.17, 15) is 4.79 Å². The Morgan fingerprint density at radius 3 is 2.47 bits per heavy atom. The minimum Gasteiger partial charge on any atom is -0.465 e. The van der Waals surface area contributed by atoms with Gasteiger partial charge in [-0.3, -0.25) is 4.79 Å². The fourth-order valence-electron chi connectivity index (χ4n) is 1.85. The van der Waals surface area contributed by atoms with Crippen molar-refractivity contribution in [2.45, 2.75) is 45.6 Å². The van der Waals surface area contributed by atoms with Crippen molar-refractivity contribution in [3.8, 4) is 0 Å². The summed E-state index contributed by atoms with van der Waals surface area (Å²) >= 11 is 0. The summed E-state index contributed by atoms with van der Waals surface area (Å²) in [6.45, 7) is 8.21. The Kier molecular flexibility index (Phi) is 4.95. The zero-order chi connectivity index (χ0) is 12.9. The average Bonchev–Trinajstić information content (AvgIpc) is 2.29. The van der Waals surface area contributed by atoms with Crippen molar-refractivity contribution in [3.63, 3.8) is 0 Å². The monoisotopic (exact) mass is 243 g/mol. The topological polar surface area (TPSA) is 47.6 Å². The number of ether oxygens (including phenoxy) is 2. The van der Waals surface area contributed by atoms with Crippen molar-refractivity contribution in [3.05, 3.63) is 0 Å². The van der Waals surface area contributed by atoms with Crippen LogP contribution in [0.25, 0.3) is 0 Å². The molecule has 0 amide bonds. The second kappa shape index (κ2) is 5.83. The summed E-state index contributed by atoms with van der Waals surface area (Å²) in [5, 5.41) is 3.26. The van der Waals surface area contributed by atoms with Crippen molar-refractivity contribution >= 4 is 5.97 Å². The van der Waals surface area contributed by atoms with Gasteiger partial charge in [0.2, 0.25) is 0 Å². The molecule has 1 aliphatic heterocycles. The molecule has 0 radical (unpaired) electrons. The SMILES string of the molecule is COC(C)(C)CCOC(=O)C1(C)CCNCC1. The molecule has 1 saturated heterocycles. The van der Waals surface area contributed by atoms with Crippen LogP contribution in [0.15, 0.2) is 0 Å². The standard InChI is InChI=1S/C13H25NO3/c1-12(2,16-4)7-10-17-11(15)13(3)5-8-14-9-6-13/h14H,5-10H2,1-4H3. The predicted octanol–water partition coefficient (Wildman–Crippen LogP) is 1.73. The fourth-order valence-corrected chi connectivity index (χ4v) is 1.85. The highest BCUT2D eigenvalue weighted by atomic mass is 16.5. The molecular formula is C13H25NO3. The number of hydrogen-bond donors (Lipinski definition) is 1. The lowest BCUT2D eigenvalue weighted by molar-refractivity contribution is -0.158. The Bertz CT molecular complexity index is 257. The Labute approximate surface area is 104 Å². The molecule has 1 aliphatic rings. The molecule has 0 aromatic rings. The van der Waals surface area contributed by atoms with E-state index in [2.05, 4.69) is 5.32 Å². The van der Waals surface area contributed by atoms with E-state index >= 15 is 0 Å². The van der Waals surface area contributed by atoms with Crippen LogP contribution in [0.1, 0.15) is 40.0 Å². The van der Waals surface area contributed by atoms with Gasteiger partial charge in [-0.1, -0.05) is 0 Å². The zero-order valence-corrected chi connectivity index (χ0v) is 11.5. The highest BCUT2D eigenvalue weighted by Crippen LogP contribution is 2.29. The first kappa shape index (κ1) is 14.5. The molecule has 1 N–H and O–H groups in total. The molecule has 1 heterocycles. The molecule has 0 spiro atoms. The van der Waals surface area contributed by atoms with Gasteiger partial charge in [0, 0.05) is 13.5 Å². The van der Waals surface area contributed by atoms with E-state index in [0.29, 0.717) is 6.61 Å². The molecule has 0 bridgehead atoms. The van der Waals surface area contributed by atoms with E-state index in [1.54, 1.807) is 7.11 Å². The minimum absolute atomic E-state index is 0.0640. The first-order valence-corrected chi connectivity index (χ1v) is 6.33. The summed E-state index contributed by atoms with van der Waals surface area (Å²) in [6, 6.07) is 0. The lowest BCUT2D eigenvalue weighted by atomic mass is 9.81. The Balaban J connectivity index is 2.34. The zero-order valence-electron chi connectivity index (χ0n) is 11.5. The molecule has 4 nitrogen and oxygen atoms in total. The molecule has 0 aliphatic carbocycles. The smallest absolute Gasteiger partial charge is 0.311 e. The second-order valence-electron chi connectivity index (χ2n) is 5.66. The number of rotatable bonds is 5. The molecule has 0 aromatic heterocycles. The van der Waals surface area contributed by atoms with Crippen molar-refractivity contribution in [1.82, 2.24) is 5.32 Å². The van der Waals surface area contributed by atoms with E-state index < -0.39 is 0 Å². The van der Waals surface area contributed by atoms with E-state index in [1.165, 1.54) is 0 Å². The normalized spacial score (nSPS) is 20.0. The average molecular weight is 243 g/mol.